The molecule has 0 amide bonds. The molecule has 0 saturated carbocycles. The van der Waals surface area contributed by atoms with E-state index in [4.69, 9.17) is 0 Å². The van der Waals surface area contributed by atoms with Crippen LogP contribution in [0.15, 0.2) is 64.4 Å². The molecule has 0 bridgehead atoms. The Morgan fingerprint density at radius 1 is 0.912 bits per heavy atom. The molecular weight excluding hydrogens is 485 g/mol. The quantitative estimate of drug-likeness (QED) is 0.245. The van der Waals surface area contributed by atoms with Crippen LogP contribution in [0.5, 0.6) is 0 Å². The Morgan fingerprint density at radius 3 is 2.06 bits per heavy atom. The van der Waals surface area contributed by atoms with Crippen molar-refractivity contribution in [2.75, 3.05) is 6.54 Å². The predicted octanol–water partition coefficient (Wildman–Crippen LogP) is 0.537. The maximum Gasteiger partial charge on any atom is 1.00 e. The molecule has 0 radical (unpaired) electrons. The molecular formula is C24H28NNaO6S2. The van der Waals surface area contributed by atoms with E-state index in [0.717, 1.165) is 5.56 Å². The van der Waals surface area contributed by atoms with Gasteiger partial charge in [0.2, 0.25) is 10.0 Å². The van der Waals surface area contributed by atoms with Gasteiger partial charge in [-0.15, -0.1) is 0 Å². The third kappa shape index (κ3) is 7.11. The summed E-state index contributed by atoms with van der Waals surface area (Å²) in [4.78, 5) is -0.0824. The molecule has 0 fully saturated rings. The summed E-state index contributed by atoms with van der Waals surface area (Å²) < 4.78 is 62.7. The third-order valence-corrected chi connectivity index (χ3v) is 7.89. The molecule has 2 aliphatic rings. The summed E-state index contributed by atoms with van der Waals surface area (Å²) in [6, 6.07) is 14.6. The summed E-state index contributed by atoms with van der Waals surface area (Å²) in [7, 11) is -8.27. The van der Waals surface area contributed by atoms with E-state index in [-0.39, 0.29) is 45.9 Å². The Bertz CT molecular complexity index is 1310. The molecule has 0 heterocycles. The molecule has 0 atom stereocenters. The first kappa shape index (κ1) is 28.9. The predicted molar refractivity (Wildman–Crippen MR) is 126 cm³/mol. The van der Waals surface area contributed by atoms with Crippen LogP contribution in [0.1, 0.15) is 43.4 Å². The molecule has 1 aromatic carbocycles. The van der Waals surface area contributed by atoms with Crippen molar-refractivity contribution in [3.05, 3.63) is 71.3 Å². The molecule has 34 heavy (non-hydrogen) atoms. The molecule has 0 saturated heterocycles. The maximum absolute atomic E-state index is 12.4. The fraction of sp³-hybridized carbons (Fsp3) is 0.333. The zero-order chi connectivity index (χ0) is 24.4. The van der Waals surface area contributed by atoms with Gasteiger partial charge in [-0.3, -0.25) is 0 Å². The van der Waals surface area contributed by atoms with Gasteiger partial charge in [-0.25, -0.2) is 21.6 Å². The van der Waals surface area contributed by atoms with Gasteiger partial charge >= 0.3 is 29.6 Å². The number of aryl methyl sites for hydroxylation is 2. The number of sulfonamides is 1. The molecule has 0 spiro atoms. The minimum absolute atomic E-state index is 0. The SMILES string of the molecule is Cc1ccc(S(=O)(=O)NCCCCc2cc(S(=O)(=O)[O-])c3ccc(C(C)(C)O)ccc2-3)cc1.[Na+]. The molecule has 2 aliphatic carbocycles. The van der Waals surface area contributed by atoms with Crippen molar-refractivity contribution in [3.63, 3.8) is 0 Å². The van der Waals surface area contributed by atoms with E-state index in [2.05, 4.69) is 4.72 Å². The van der Waals surface area contributed by atoms with Crippen molar-refractivity contribution in [2.45, 2.75) is 55.4 Å². The van der Waals surface area contributed by atoms with E-state index >= 15 is 0 Å². The summed E-state index contributed by atoms with van der Waals surface area (Å²) in [5.41, 5.74) is 2.07. The van der Waals surface area contributed by atoms with Crippen LogP contribution in [0.25, 0.3) is 11.1 Å². The minimum Gasteiger partial charge on any atom is -0.744 e. The van der Waals surface area contributed by atoms with Crippen molar-refractivity contribution in [1.82, 2.24) is 4.72 Å². The van der Waals surface area contributed by atoms with Crippen LogP contribution in [0.2, 0.25) is 0 Å². The van der Waals surface area contributed by atoms with Gasteiger partial charge in [-0.2, -0.15) is 0 Å². The van der Waals surface area contributed by atoms with Gasteiger partial charge in [-0.05, 0) is 80.5 Å². The van der Waals surface area contributed by atoms with Crippen molar-refractivity contribution in [1.29, 1.82) is 0 Å². The monoisotopic (exact) mass is 513 g/mol. The Labute approximate surface area is 224 Å². The van der Waals surface area contributed by atoms with E-state index in [1.165, 1.54) is 6.07 Å². The Balaban J connectivity index is 0.00000408. The first-order valence-corrected chi connectivity index (χ1v) is 13.5. The molecule has 0 unspecified atom stereocenters. The Morgan fingerprint density at radius 2 is 1.50 bits per heavy atom. The van der Waals surface area contributed by atoms with Crippen molar-refractivity contribution >= 4 is 20.1 Å². The second-order valence-corrected chi connectivity index (χ2v) is 11.8. The van der Waals surface area contributed by atoms with Gasteiger partial charge in [-0.1, -0.05) is 42.0 Å². The van der Waals surface area contributed by atoms with Gasteiger partial charge in [0.15, 0.2) is 0 Å². The average Bonchev–Trinajstić information content (AvgIpc) is 2.90. The zero-order valence-electron chi connectivity index (χ0n) is 19.8. The van der Waals surface area contributed by atoms with Crippen molar-refractivity contribution in [2.24, 2.45) is 0 Å². The number of hydrogen-bond acceptors (Lipinski definition) is 6. The number of hydrogen-bond donors (Lipinski definition) is 2. The summed E-state index contributed by atoms with van der Waals surface area (Å²) in [6.07, 6.45) is 1.59. The largest absolute Gasteiger partial charge is 1.00 e. The van der Waals surface area contributed by atoms with Crippen LogP contribution in [0.4, 0.5) is 0 Å². The van der Waals surface area contributed by atoms with E-state index in [0.29, 0.717) is 41.5 Å². The normalized spacial score (nSPS) is 12.5. The summed E-state index contributed by atoms with van der Waals surface area (Å²) >= 11 is 0. The first-order valence-electron chi connectivity index (χ1n) is 10.6. The fourth-order valence-electron chi connectivity index (χ4n) is 3.66. The first-order chi connectivity index (χ1) is 15.3. The van der Waals surface area contributed by atoms with Gasteiger partial charge in [0.05, 0.1) is 15.4 Å². The molecule has 3 rings (SSSR count). The standard InChI is InChI=1S/C24H29NO6S2.Na/c1-17-7-11-20(12-8-17)32(27,28)25-15-5-4-6-18-16-23(33(29,30)31)22-14-10-19(24(2,3)26)9-13-21(18)22;/h7-14,16,25-26H,4-6,15H2,1-3H3,(H,29,30,31);/q;+1/p-1. The number of nitrogens with one attached hydrogen (secondary N) is 1. The van der Waals surface area contributed by atoms with E-state index < -0.39 is 25.7 Å². The second-order valence-electron chi connectivity index (χ2n) is 8.66. The van der Waals surface area contributed by atoms with E-state index in [1.807, 2.05) is 6.92 Å². The van der Waals surface area contributed by atoms with E-state index in [9.17, 15) is 26.5 Å². The average molecular weight is 514 g/mol. The van der Waals surface area contributed by atoms with Gasteiger partial charge in [0.1, 0.15) is 10.1 Å². The topological polar surface area (TPSA) is 124 Å². The number of fused-ring (bicyclic) bond motifs is 1. The van der Waals surface area contributed by atoms with Gasteiger partial charge in [0, 0.05) is 6.54 Å². The second kappa shape index (κ2) is 11.2. The van der Waals surface area contributed by atoms with Crippen LogP contribution in [0, 0.1) is 6.92 Å². The van der Waals surface area contributed by atoms with Gasteiger partial charge < -0.3 is 9.66 Å². The molecule has 2 N–H and O–H groups in total. The van der Waals surface area contributed by atoms with Crippen LogP contribution in [0.3, 0.4) is 0 Å². The van der Waals surface area contributed by atoms with Crippen LogP contribution in [-0.2, 0) is 32.2 Å². The molecule has 0 aliphatic heterocycles. The van der Waals surface area contributed by atoms with Crippen LogP contribution < -0.4 is 34.3 Å². The fourth-order valence-corrected chi connectivity index (χ4v) is 5.47. The van der Waals surface area contributed by atoms with Gasteiger partial charge in [0.25, 0.3) is 0 Å². The summed E-state index contributed by atoms with van der Waals surface area (Å²) in [5.74, 6) is 0. The summed E-state index contributed by atoms with van der Waals surface area (Å²) in [5, 5.41) is 10.3. The third-order valence-electron chi connectivity index (χ3n) is 5.54. The zero-order valence-corrected chi connectivity index (χ0v) is 23.5. The molecule has 0 aromatic heterocycles. The Hall–Kier alpha value is -1.30. The smallest absolute Gasteiger partial charge is 0.744 e. The van der Waals surface area contributed by atoms with Crippen molar-refractivity contribution in [3.8, 4) is 11.1 Å². The summed E-state index contributed by atoms with van der Waals surface area (Å²) in [6.45, 7) is 5.36. The maximum atomic E-state index is 12.4. The number of aliphatic hydroxyl groups is 1. The number of unbranched alkanes of at least 4 members (excludes halogenated alkanes) is 1. The number of rotatable bonds is 9. The molecule has 7 nitrogen and oxygen atoms in total. The van der Waals surface area contributed by atoms with E-state index in [1.54, 1.807) is 62.4 Å². The van der Waals surface area contributed by atoms with Crippen LogP contribution >= 0.6 is 0 Å². The molecule has 10 heteroatoms. The van der Waals surface area contributed by atoms with Crippen LogP contribution in [-0.4, -0.2) is 33.0 Å². The number of benzene rings is 1. The molecule has 178 valence electrons. The Kier molecular flexibility index (Phi) is 9.51. The molecule has 1 aromatic rings. The minimum atomic E-state index is -4.68. The van der Waals surface area contributed by atoms with Crippen molar-refractivity contribution < 1.29 is 56.1 Å².